The lowest BCUT2D eigenvalue weighted by Crippen LogP contribution is -2.34. The zero-order chi connectivity index (χ0) is 24.4. The van der Waals surface area contributed by atoms with Gasteiger partial charge in [0, 0.05) is 26.2 Å². The van der Waals surface area contributed by atoms with Crippen LogP contribution in [0.4, 0.5) is 11.4 Å². The van der Waals surface area contributed by atoms with Crippen LogP contribution in [-0.2, 0) is 20.9 Å². The van der Waals surface area contributed by atoms with Gasteiger partial charge in [0.05, 0.1) is 11.3 Å². The molecule has 172 valence electrons. The monoisotopic (exact) mass is 453 g/mol. The average molecular weight is 454 g/mol. The van der Waals surface area contributed by atoms with E-state index in [2.05, 4.69) is 5.32 Å². The summed E-state index contributed by atoms with van der Waals surface area (Å²) in [5.74, 6) is -0.922. The third-order valence-corrected chi connectivity index (χ3v) is 5.80. The normalized spacial score (nSPS) is 13.5. The molecule has 3 aromatic carbocycles. The summed E-state index contributed by atoms with van der Waals surface area (Å²) in [6, 6.07) is 22.4. The highest BCUT2D eigenvalue weighted by Gasteiger charge is 2.42. The minimum absolute atomic E-state index is 0.190. The molecule has 0 aliphatic carbocycles. The molecule has 0 spiro atoms. The number of carbonyl (C=O) groups is 3. The lowest BCUT2D eigenvalue weighted by Gasteiger charge is -2.22. The number of likely N-dealkylation sites (N-methyl/N-ethyl adjacent to an activating group) is 1. The molecule has 34 heavy (non-hydrogen) atoms. The summed E-state index contributed by atoms with van der Waals surface area (Å²) in [5, 5.41) is 2.70. The summed E-state index contributed by atoms with van der Waals surface area (Å²) in [5.41, 5.74) is 5.62. The van der Waals surface area contributed by atoms with Gasteiger partial charge in [0.1, 0.15) is 5.70 Å². The first-order valence-electron chi connectivity index (χ1n) is 11.1. The first kappa shape index (κ1) is 23.0. The molecule has 0 unspecified atom stereocenters. The Morgan fingerprint density at radius 2 is 1.59 bits per heavy atom. The molecule has 6 heteroatoms. The van der Waals surface area contributed by atoms with Crippen LogP contribution in [0.2, 0.25) is 0 Å². The van der Waals surface area contributed by atoms with Gasteiger partial charge in [-0.05, 0) is 54.8 Å². The van der Waals surface area contributed by atoms with Crippen molar-refractivity contribution in [3.05, 3.63) is 101 Å². The molecule has 0 saturated carbocycles. The fraction of sp³-hybridized carbons (Fsp3) is 0.179. The van der Waals surface area contributed by atoms with Crippen molar-refractivity contribution in [1.82, 2.24) is 4.90 Å². The predicted octanol–water partition coefficient (Wildman–Crippen LogP) is 4.68. The van der Waals surface area contributed by atoms with Crippen molar-refractivity contribution in [2.24, 2.45) is 0 Å². The van der Waals surface area contributed by atoms with Gasteiger partial charge in [-0.2, -0.15) is 0 Å². The largest absolute Gasteiger partial charge is 0.365 e. The zero-order valence-corrected chi connectivity index (χ0v) is 19.8. The van der Waals surface area contributed by atoms with Crippen LogP contribution in [0.15, 0.2) is 78.5 Å². The molecule has 0 radical (unpaired) electrons. The average Bonchev–Trinajstić information content (AvgIpc) is 3.05. The molecule has 1 aliphatic rings. The highest BCUT2D eigenvalue weighted by Crippen LogP contribution is 2.36. The molecule has 1 N–H and O–H groups in total. The van der Waals surface area contributed by atoms with Crippen LogP contribution >= 0.6 is 0 Å². The van der Waals surface area contributed by atoms with E-state index in [0.717, 1.165) is 22.3 Å². The van der Waals surface area contributed by atoms with E-state index in [1.54, 1.807) is 24.3 Å². The number of anilines is 2. The van der Waals surface area contributed by atoms with Gasteiger partial charge in [-0.3, -0.25) is 14.4 Å². The van der Waals surface area contributed by atoms with Crippen molar-refractivity contribution < 1.29 is 14.4 Å². The van der Waals surface area contributed by atoms with Gasteiger partial charge < -0.3 is 10.2 Å². The van der Waals surface area contributed by atoms with Crippen LogP contribution in [0.5, 0.6) is 0 Å². The van der Waals surface area contributed by atoms with E-state index in [1.165, 1.54) is 11.8 Å². The minimum atomic E-state index is -0.370. The number of rotatable bonds is 6. The number of benzene rings is 3. The van der Waals surface area contributed by atoms with Gasteiger partial charge in [-0.25, -0.2) is 4.90 Å². The van der Waals surface area contributed by atoms with E-state index >= 15 is 0 Å². The molecule has 0 fully saturated rings. The quantitative estimate of drug-likeness (QED) is 0.551. The Morgan fingerprint density at radius 1 is 0.912 bits per heavy atom. The van der Waals surface area contributed by atoms with Crippen molar-refractivity contribution in [2.75, 3.05) is 17.3 Å². The van der Waals surface area contributed by atoms with Crippen molar-refractivity contribution in [3.63, 3.8) is 0 Å². The maximum atomic E-state index is 13.7. The summed E-state index contributed by atoms with van der Waals surface area (Å²) in [7, 11) is 1.83. The number of imide groups is 1. The molecule has 0 saturated heterocycles. The summed E-state index contributed by atoms with van der Waals surface area (Å²) < 4.78 is 0. The molecular formula is C28H27N3O3. The van der Waals surface area contributed by atoms with Crippen LogP contribution in [-0.4, -0.2) is 29.7 Å². The Morgan fingerprint density at radius 3 is 2.21 bits per heavy atom. The van der Waals surface area contributed by atoms with Crippen molar-refractivity contribution in [2.45, 2.75) is 27.3 Å². The van der Waals surface area contributed by atoms with Gasteiger partial charge >= 0.3 is 0 Å². The minimum Gasteiger partial charge on any atom is -0.365 e. The molecule has 1 heterocycles. The number of amides is 3. The smallest absolute Gasteiger partial charge is 0.282 e. The Bertz CT molecular complexity index is 1290. The SMILES string of the molecule is CC(=O)Nc1ccc(N2C(=O)C(c3ccc(C)cc3C)=C(N(C)Cc3ccccc3)C2=O)cc1. The van der Waals surface area contributed by atoms with Crippen LogP contribution in [0.25, 0.3) is 5.57 Å². The van der Waals surface area contributed by atoms with Crippen LogP contribution in [0.1, 0.15) is 29.2 Å². The van der Waals surface area contributed by atoms with Crippen molar-refractivity contribution >= 4 is 34.7 Å². The highest BCUT2D eigenvalue weighted by atomic mass is 16.2. The number of aryl methyl sites for hydroxylation is 2. The molecule has 0 bridgehead atoms. The Hall–Kier alpha value is -4.19. The van der Waals surface area contributed by atoms with Crippen LogP contribution in [0, 0.1) is 13.8 Å². The first-order chi connectivity index (χ1) is 16.3. The lowest BCUT2D eigenvalue weighted by atomic mass is 9.97. The Labute approximate surface area is 199 Å². The molecule has 6 nitrogen and oxygen atoms in total. The van der Waals surface area contributed by atoms with E-state index < -0.39 is 0 Å². The maximum Gasteiger partial charge on any atom is 0.282 e. The second kappa shape index (κ2) is 9.35. The zero-order valence-electron chi connectivity index (χ0n) is 19.8. The fourth-order valence-corrected chi connectivity index (χ4v) is 4.28. The Balaban J connectivity index is 1.77. The van der Waals surface area contributed by atoms with Crippen molar-refractivity contribution in [1.29, 1.82) is 0 Å². The standard InChI is InChI=1S/C28H27N3O3/c1-18-10-15-24(19(2)16-18)25-26(30(4)17-21-8-6-5-7-9-21)28(34)31(27(25)33)23-13-11-22(12-14-23)29-20(3)32/h5-16H,17H2,1-4H3,(H,29,32). The van der Waals surface area contributed by atoms with Gasteiger partial charge in [0.15, 0.2) is 0 Å². The fourth-order valence-electron chi connectivity index (χ4n) is 4.28. The summed E-state index contributed by atoms with van der Waals surface area (Å²) >= 11 is 0. The molecule has 3 aromatic rings. The number of hydrogen-bond acceptors (Lipinski definition) is 4. The first-order valence-corrected chi connectivity index (χ1v) is 11.1. The van der Waals surface area contributed by atoms with E-state index in [1.807, 2.05) is 74.3 Å². The maximum absolute atomic E-state index is 13.7. The van der Waals surface area contributed by atoms with Crippen LogP contribution in [0.3, 0.4) is 0 Å². The topological polar surface area (TPSA) is 69.7 Å². The van der Waals surface area contributed by atoms with Gasteiger partial charge in [0.2, 0.25) is 5.91 Å². The molecule has 4 rings (SSSR count). The van der Waals surface area contributed by atoms with Gasteiger partial charge in [-0.15, -0.1) is 0 Å². The second-order valence-electron chi connectivity index (χ2n) is 8.56. The van der Waals surface area contributed by atoms with Crippen molar-refractivity contribution in [3.8, 4) is 0 Å². The van der Waals surface area contributed by atoms with E-state index in [4.69, 9.17) is 0 Å². The van der Waals surface area contributed by atoms with E-state index in [-0.39, 0.29) is 17.7 Å². The highest BCUT2D eigenvalue weighted by molar-refractivity contribution is 6.45. The van der Waals surface area contributed by atoms with E-state index in [9.17, 15) is 14.4 Å². The summed E-state index contributed by atoms with van der Waals surface area (Å²) in [6.45, 7) is 5.86. The third kappa shape index (κ3) is 4.48. The number of carbonyl (C=O) groups excluding carboxylic acids is 3. The van der Waals surface area contributed by atoms with Crippen LogP contribution < -0.4 is 10.2 Å². The van der Waals surface area contributed by atoms with Gasteiger partial charge in [-0.1, -0.05) is 54.1 Å². The van der Waals surface area contributed by atoms with E-state index in [0.29, 0.717) is 29.2 Å². The predicted molar refractivity (Wildman–Crippen MR) is 134 cm³/mol. The number of nitrogens with zero attached hydrogens (tertiary/aromatic N) is 2. The summed E-state index contributed by atoms with van der Waals surface area (Å²) in [6.07, 6.45) is 0. The number of hydrogen-bond donors (Lipinski definition) is 1. The second-order valence-corrected chi connectivity index (χ2v) is 8.56. The lowest BCUT2D eigenvalue weighted by molar-refractivity contribution is -0.120. The Kier molecular flexibility index (Phi) is 6.32. The third-order valence-electron chi connectivity index (χ3n) is 5.80. The molecule has 1 aliphatic heterocycles. The summed E-state index contributed by atoms with van der Waals surface area (Å²) in [4.78, 5) is 41.8. The molecule has 3 amide bonds. The van der Waals surface area contributed by atoms with Gasteiger partial charge in [0.25, 0.3) is 11.8 Å². The number of nitrogens with one attached hydrogen (secondary N) is 1. The molecule has 0 aromatic heterocycles. The molecule has 0 atom stereocenters. The molecular weight excluding hydrogens is 426 g/mol.